The first kappa shape index (κ1) is 22.7. The van der Waals surface area contributed by atoms with E-state index in [2.05, 4.69) is 39.8 Å². The van der Waals surface area contributed by atoms with Gasteiger partial charge in [0.2, 0.25) is 0 Å². The van der Waals surface area contributed by atoms with Gasteiger partial charge in [0, 0.05) is 22.8 Å². The number of hydrogen-bond acceptors (Lipinski definition) is 8. The van der Waals surface area contributed by atoms with Crippen LogP contribution in [0, 0.1) is 0 Å². The number of nitrogens with zero attached hydrogens (tertiary/aromatic N) is 2. The molecular formula is C15H28N2O2S5. The van der Waals surface area contributed by atoms with Gasteiger partial charge >= 0.3 is 6.09 Å². The highest BCUT2D eigenvalue weighted by Crippen LogP contribution is 2.47. The largest absolute Gasteiger partial charge is 0.446 e. The Balaban J connectivity index is 2.54. The minimum atomic E-state index is -0.428. The van der Waals surface area contributed by atoms with Gasteiger partial charge in [-0.3, -0.25) is 4.84 Å². The fraction of sp³-hybridized carbons (Fsp3) is 0.867. The zero-order valence-electron chi connectivity index (χ0n) is 15.2. The van der Waals surface area contributed by atoms with Gasteiger partial charge in [-0.25, -0.2) is 9.10 Å². The fourth-order valence-corrected chi connectivity index (χ4v) is 8.89. The second kappa shape index (κ2) is 11.4. The molecule has 140 valence electrons. The monoisotopic (exact) mass is 428 g/mol. The molecule has 1 fully saturated rings. The van der Waals surface area contributed by atoms with Crippen molar-refractivity contribution in [3.63, 3.8) is 0 Å². The molecule has 0 aromatic rings. The smallest absolute Gasteiger partial charge is 0.296 e. The molecule has 2 unspecified atom stereocenters. The van der Waals surface area contributed by atoms with Crippen LogP contribution in [0.5, 0.6) is 0 Å². The van der Waals surface area contributed by atoms with Gasteiger partial charge in [-0.05, 0) is 12.8 Å². The zero-order valence-corrected chi connectivity index (χ0v) is 19.3. The van der Waals surface area contributed by atoms with Gasteiger partial charge in [-0.15, -0.1) is 11.8 Å². The molecule has 4 nitrogen and oxygen atoms in total. The number of amides is 1. The number of thioether (sulfide) groups is 3. The lowest BCUT2D eigenvalue weighted by Gasteiger charge is -2.27. The molecule has 0 spiro atoms. The van der Waals surface area contributed by atoms with Crippen molar-refractivity contribution in [3.05, 3.63) is 0 Å². The molecule has 0 radical (unpaired) electrons. The lowest BCUT2D eigenvalue weighted by atomic mass is 10.3. The van der Waals surface area contributed by atoms with Crippen LogP contribution in [-0.2, 0) is 4.84 Å². The van der Waals surface area contributed by atoms with Gasteiger partial charge < -0.3 is 0 Å². The summed E-state index contributed by atoms with van der Waals surface area (Å²) in [4.78, 5) is 17.2. The molecule has 0 aliphatic carbocycles. The third kappa shape index (κ3) is 9.40. The Bertz CT molecular complexity index is 413. The van der Waals surface area contributed by atoms with E-state index in [9.17, 15) is 4.79 Å². The van der Waals surface area contributed by atoms with E-state index in [4.69, 9.17) is 4.84 Å². The maximum absolute atomic E-state index is 12.1. The van der Waals surface area contributed by atoms with E-state index in [0.29, 0.717) is 9.16 Å². The van der Waals surface area contributed by atoms with E-state index in [1.165, 1.54) is 15.3 Å². The molecule has 1 saturated heterocycles. The normalized spacial score (nSPS) is 21.5. The predicted octanol–water partition coefficient (Wildman–Crippen LogP) is 6.89. The molecule has 0 saturated carbocycles. The molecule has 1 rings (SSSR count). The molecule has 0 bridgehead atoms. The highest BCUT2D eigenvalue weighted by molar-refractivity contribution is 8.76. The second-order valence-corrected chi connectivity index (χ2v) is 14.0. The summed E-state index contributed by atoms with van der Waals surface area (Å²) in [6.07, 6.45) is 4.19. The molecule has 1 aliphatic rings. The van der Waals surface area contributed by atoms with Crippen molar-refractivity contribution in [1.29, 1.82) is 0 Å². The van der Waals surface area contributed by atoms with E-state index in [1.54, 1.807) is 41.4 Å². The highest BCUT2D eigenvalue weighted by atomic mass is 33.1. The van der Waals surface area contributed by atoms with Crippen LogP contribution in [0.3, 0.4) is 0 Å². The summed E-state index contributed by atoms with van der Waals surface area (Å²) in [6.45, 7) is 10.7. The van der Waals surface area contributed by atoms with Crippen LogP contribution in [0.25, 0.3) is 0 Å². The predicted molar refractivity (Wildman–Crippen MR) is 117 cm³/mol. The van der Waals surface area contributed by atoms with Crippen molar-refractivity contribution in [1.82, 2.24) is 4.31 Å². The maximum Gasteiger partial charge on any atom is 0.446 e. The highest BCUT2D eigenvalue weighted by Gasteiger charge is 2.28. The summed E-state index contributed by atoms with van der Waals surface area (Å²) < 4.78 is 3.46. The van der Waals surface area contributed by atoms with E-state index in [1.807, 2.05) is 11.8 Å². The Labute approximate surface area is 167 Å². The topological polar surface area (TPSA) is 41.9 Å². The van der Waals surface area contributed by atoms with Crippen molar-refractivity contribution in [2.24, 2.45) is 5.16 Å². The van der Waals surface area contributed by atoms with Gasteiger partial charge in [0.15, 0.2) is 4.38 Å². The number of hydrogen-bond donors (Lipinski definition) is 0. The van der Waals surface area contributed by atoms with Gasteiger partial charge in [-0.1, -0.05) is 86.9 Å². The lowest BCUT2D eigenvalue weighted by Crippen LogP contribution is -2.20. The van der Waals surface area contributed by atoms with Crippen LogP contribution in [0.4, 0.5) is 4.79 Å². The van der Waals surface area contributed by atoms with Gasteiger partial charge in [0.25, 0.3) is 0 Å². The molecule has 0 aromatic heterocycles. The SMILES string of the molecule is CCCC1SC(=NOC(=O)N(C)SSC(C)(C)C)SC(CCC)S1. The number of carbonyl (C=O) groups excluding carboxylic acids is 1. The molecule has 2 atom stereocenters. The van der Waals surface area contributed by atoms with Crippen LogP contribution in [0.2, 0.25) is 0 Å². The first-order chi connectivity index (χ1) is 11.2. The van der Waals surface area contributed by atoms with E-state index >= 15 is 0 Å². The maximum atomic E-state index is 12.1. The summed E-state index contributed by atoms with van der Waals surface area (Å²) in [7, 11) is 4.72. The van der Waals surface area contributed by atoms with Gasteiger partial charge in [0.1, 0.15) is 0 Å². The van der Waals surface area contributed by atoms with Crippen LogP contribution < -0.4 is 0 Å². The van der Waals surface area contributed by atoms with E-state index < -0.39 is 6.09 Å². The minimum Gasteiger partial charge on any atom is -0.296 e. The average Bonchev–Trinajstić information content (AvgIpc) is 2.50. The summed E-state index contributed by atoms with van der Waals surface area (Å²) >= 11 is 5.47. The van der Waals surface area contributed by atoms with Crippen LogP contribution in [0.15, 0.2) is 5.16 Å². The Morgan fingerprint density at radius 3 is 2.21 bits per heavy atom. The van der Waals surface area contributed by atoms with Crippen LogP contribution >= 0.6 is 57.1 Å². The first-order valence-corrected chi connectivity index (χ1v) is 12.9. The molecule has 24 heavy (non-hydrogen) atoms. The lowest BCUT2D eigenvalue weighted by molar-refractivity contribution is 0.138. The molecule has 9 heteroatoms. The summed E-state index contributed by atoms with van der Waals surface area (Å²) in [6, 6.07) is 0. The fourth-order valence-electron chi connectivity index (χ4n) is 1.58. The molecule has 1 heterocycles. The Kier molecular flexibility index (Phi) is 10.8. The average molecular weight is 429 g/mol. The van der Waals surface area contributed by atoms with E-state index in [0.717, 1.165) is 30.1 Å². The van der Waals surface area contributed by atoms with Crippen molar-refractivity contribution in [2.45, 2.75) is 74.2 Å². The second-order valence-electron chi connectivity index (χ2n) is 6.29. The van der Waals surface area contributed by atoms with Crippen molar-refractivity contribution >= 4 is 67.5 Å². The molecule has 1 aliphatic heterocycles. The van der Waals surface area contributed by atoms with Gasteiger partial charge in [0.05, 0.1) is 9.16 Å². The standard InChI is InChI=1S/C15H28N2O2S5/c1-7-9-11-20-12(10-8-2)22-13(21-11)16-19-14(18)17(6)24-23-15(3,4)5/h11-12H,7-10H2,1-6H3. The first-order valence-electron chi connectivity index (χ1n) is 8.12. The Morgan fingerprint density at radius 1 is 1.21 bits per heavy atom. The third-order valence-electron chi connectivity index (χ3n) is 2.67. The van der Waals surface area contributed by atoms with Crippen molar-refractivity contribution < 1.29 is 9.63 Å². The van der Waals surface area contributed by atoms with Crippen LogP contribution in [-0.4, -0.2) is 35.7 Å². The minimum absolute atomic E-state index is 0.0815. The quantitative estimate of drug-likeness (QED) is 0.189. The number of oxime groups is 1. The molecule has 0 N–H and O–H groups in total. The number of rotatable bonds is 7. The summed E-state index contributed by atoms with van der Waals surface area (Å²) in [5.74, 6) is 0. The Morgan fingerprint density at radius 2 is 1.75 bits per heavy atom. The van der Waals surface area contributed by atoms with E-state index in [-0.39, 0.29) is 4.75 Å². The molecule has 1 amide bonds. The van der Waals surface area contributed by atoms with Crippen molar-refractivity contribution in [3.8, 4) is 0 Å². The Hall–Kier alpha value is 0.690. The third-order valence-corrected chi connectivity index (χ3v) is 10.5. The molecular weight excluding hydrogens is 401 g/mol. The van der Waals surface area contributed by atoms with Gasteiger partial charge in [-0.2, -0.15) is 0 Å². The summed E-state index contributed by atoms with van der Waals surface area (Å²) in [5.41, 5.74) is 0. The number of carbonyl (C=O) groups is 1. The van der Waals surface area contributed by atoms with Crippen LogP contribution in [0.1, 0.15) is 60.3 Å². The summed E-state index contributed by atoms with van der Waals surface area (Å²) in [5, 5.41) is 4.13. The van der Waals surface area contributed by atoms with Crippen molar-refractivity contribution in [2.75, 3.05) is 7.05 Å². The zero-order chi connectivity index (χ0) is 18.2. The molecule has 0 aromatic carbocycles.